The largest absolute Gasteiger partial charge is 0.507 e. The average Bonchev–Trinajstić information content (AvgIpc) is 2.32. The zero-order valence-electron chi connectivity index (χ0n) is 9.65. The Morgan fingerprint density at radius 2 is 2.00 bits per heavy atom. The van der Waals surface area contributed by atoms with Gasteiger partial charge in [0.25, 0.3) is 5.91 Å². The first-order valence-electron chi connectivity index (χ1n) is 5.32. The first-order valence-corrected chi connectivity index (χ1v) is 5.70. The van der Waals surface area contributed by atoms with E-state index in [4.69, 9.17) is 17.3 Å². The Morgan fingerprint density at radius 1 is 1.26 bits per heavy atom. The average molecular weight is 281 g/mol. The van der Waals surface area contributed by atoms with E-state index in [-0.39, 0.29) is 5.56 Å². The molecule has 0 aliphatic carbocycles. The Hall–Kier alpha value is -2.27. The third kappa shape index (κ3) is 2.95. The predicted molar refractivity (Wildman–Crippen MR) is 71.9 cm³/mol. The number of hydrogen-bond acceptors (Lipinski definition) is 3. The van der Waals surface area contributed by atoms with Gasteiger partial charge in [0, 0.05) is 11.1 Å². The van der Waals surface area contributed by atoms with Crippen molar-refractivity contribution in [3.63, 3.8) is 0 Å². The number of nitrogen functional groups attached to an aromatic ring is 1. The molecule has 2 aromatic carbocycles. The van der Waals surface area contributed by atoms with E-state index in [0.717, 1.165) is 12.1 Å². The third-order valence-corrected chi connectivity index (χ3v) is 2.70. The summed E-state index contributed by atoms with van der Waals surface area (Å²) in [5.41, 5.74) is 6.30. The Balaban J connectivity index is 2.25. The molecule has 0 spiro atoms. The van der Waals surface area contributed by atoms with Crippen molar-refractivity contribution in [3.05, 3.63) is 52.8 Å². The molecule has 0 aliphatic rings. The van der Waals surface area contributed by atoms with E-state index in [1.165, 1.54) is 18.2 Å². The number of anilines is 2. The molecule has 2 rings (SSSR count). The number of phenols is 1. The number of nitrogens with one attached hydrogen (secondary N) is 1. The van der Waals surface area contributed by atoms with E-state index in [0.29, 0.717) is 16.4 Å². The molecule has 0 aromatic heterocycles. The van der Waals surface area contributed by atoms with Crippen molar-refractivity contribution in [1.29, 1.82) is 0 Å². The molecule has 1 amide bonds. The van der Waals surface area contributed by atoms with Crippen LogP contribution in [0.15, 0.2) is 36.4 Å². The molecule has 0 unspecified atom stereocenters. The van der Waals surface area contributed by atoms with Crippen molar-refractivity contribution in [1.82, 2.24) is 0 Å². The molecule has 4 N–H and O–H groups in total. The second kappa shape index (κ2) is 5.16. The lowest BCUT2D eigenvalue weighted by molar-refractivity contribution is 0.102. The van der Waals surface area contributed by atoms with Gasteiger partial charge in [-0.05, 0) is 30.3 Å². The number of rotatable bonds is 2. The fourth-order valence-electron chi connectivity index (χ4n) is 1.53. The summed E-state index contributed by atoms with van der Waals surface area (Å²) in [4.78, 5) is 11.9. The fourth-order valence-corrected chi connectivity index (χ4v) is 1.71. The number of hydrogen-bond donors (Lipinski definition) is 3. The molecule has 0 bridgehead atoms. The predicted octanol–water partition coefficient (Wildman–Crippen LogP) is 3.02. The van der Waals surface area contributed by atoms with E-state index in [1.54, 1.807) is 6.07 Å². The lowest BCUT2D eigenvalue weighted by Gasteiger charge is -2.09. The van der Waals surface area contributed by atoms with Crippen LogP contribution in [0.2, 0.25) is 5.02 Å². The van der Waals surface area contributed by atoms with Crippen LogP contribution < -0.4 is 11.1 Å². The minimum absolute atomic E-state index is 0.0456. The maximum absolute atomic E-state index is 12.8. The molecule has 98 valence electrons. The number of phenolic OH excluding ortho intramolecular Hbond substituents is 1. The van der Waals surface area contributed by atoms with Crippen molar-refractivity contribution in [2.24, 2.45) is 0 Å². The van der Waals surface area contributed by atoms with Gasteiger partial charge in [-0.1, -0.05) is 11.6 Å². The van der Waals surface area contributed by atoms with Crippen LogP contribution in [0.3, 0.4) is 0 Å². The molecule has 0 saturated heterocycles. The molecule has 0 heterocycles. The molecule has 0 aliphatic heterocycles. The smallest absolute Gasteiger partial charge is 0.259 e. The summed E-state index contributed by atoms with van der Waals surface area (Å²) in [6.45, 7) is 0. The summed E-state index contributed by atoms with van der Waals surface area (Å²) in [5, 5.41) is 12.5. The van der Waals surface area contributed by atoms with Crippen LogP contribution in [0.4, 0.5) is 15.8 Å². The van der Waals surface area contributed by atoms with Crippen LogP contribution in [0.5, 0.6) is 5.75 Å². The van der Waals surface area contributed by atoms with Gasteiger partial charge in [-0.2, -0.15) is 0 Å². The van der Waals surface area contributed by atoms with Crippen molar-refractivity contribution < 1.29 is 14.3 Å². The second-order valence-electron chi connectivity index (χ2n) is 3.85. The summed E-state index contributed by atoms with van der Waals surface area (Å²) in [6, 6.07) is 7.72. The molecule has 6 heteroatoms. The van der Waals surface area contributed by atoms with E-state index < -0.39 is 17.5 Å². The Bertz CT molecular complexity index is 647. The lowest BCUT2D eigenvalue weighted by atomic mass is 10.1. The Kier molecular flexibility index (Phi) is 3.57. The van der Waals surface area contributed by atoms with Gasteiger partial charge in [0.2, 0.25) is 0 Å². The van der Waals surface area contributed by atoms with Gasteiger partial charge >= 0.3 is 0 Å². The first-order chi connectivity index (χ1) is 8.97. The Labute approximate surface area is 113 Å². The van der Waals surface area contributed by atoms with Gasteiger partial charge in [-0.3, -0.25) is 4.79 Å². The maximum Gasteiger partial charge on any atom is 0.259 e. The number of nitrogens with two attached hydrogens (primary N) is 1. The van der Waals surface area contributed by atoms with Gasteiger partial charge in [0.1, 0.15) is 11.6 Å². The number of carbonyl (C=O) groups excluding carboxylic acids is 1. The summed E-state index contributed by atoms with van der Waals surface area (Å²) in [5.74, 6) is -1.66. The minimum Gasteiger partial charge on any atom is -0.507 e. The van der Waals surface area contributed by atoms with Gasteiger partial charge in [-0.25, -0.2) is 4.39 Å². The van der Waals surface area contributed by atoms with Crippen molar-refractivity contribution in [2.45, 2.75) is 0 Å². The topological polar surface area (TPSA) is 75.3 Å². The molecular formula is C13H10ClFN2O2. The van der Waals surface area contributed by atoms with Gasteiger partial charge < -0.3 is 16.2 Å². The molecule has 4 nitrogen and oxygen atoms in total. The molecule has 19 heavy (non-hydrogen) atoms. The summed E-state index contributed by atoms with van der Waals surface area (Å²) in [7, 11) is 0. The van der Waals surface area contributed by atoms with E-state index in [9.17, 15) is 14.3 Å². The van der Waals surface area contributed by atoms with E-state index >= 15 is 0 Å². The molecular weight excluding hydrogens is 271 g/mol. The molecule has 0 radical (unpaired) electrons. The molecule has 0 atom stereocenters. The zero-order chi connectivity index (χ0) is 14.0. The highest BCUT2D eigenvalue weighted by Gasteiger charge is 2.13. The van der Waals surface area contributed by atoms with Crippen molar-refractivity contribution in [2.75, 3.05) is 11.1 Å². The van der Waals surface area contributed by atoms with Crippen LogP contribution >= 0.6 is 11.6 Å². The van der Waals surface area contributed by atoms with Gasteiger partial charge in [-0.15, -0.1) is 0 Å². The summed E-state index contributed by atoms with van der Waals surface area (Å²) < 4.78 is 12.8. The van der Waals surface area contributed by atoms with Crippen LogP contribution in [0.25, 0.3) is 0 Å². The number of amides is 1. The molecule has 0 fully saturated rings. The second-order valence-corrected chi connectivity index (χ2v) is 4.28. The highest BCUT2D eigenvalue weighted by Crippen LogP contribution is 2.25. The van der Waals surface area contributed by atoms with Crippen LogP contribution in [0, 0.1) is 5.82 Å². The van der Waals surface area contributed by atoms with Crippen LogP contribution in [0.1, 0.15) is 10.4 Å². The third-order valence-electron chi connectivity index (χ3n) is 2.47. The molecule has 0 saturated carbocycles. The summed E-state index contributed by atoms with van der Waals surface area (Å²) in [6.07, 6.45) is 0. The minimum atomic E-state index is -0.625. The van der Waals surface area contributed by atoms with E-state index in [2.05, 4.69) is 5.32 Å². The maximum atomic E-state index is 12.8. The van der Waals surface area contributed by atoms with Crippen LogP contribution in [-0.4, -0.2) is 11.0 Å². The first kappa shape index (κ1) is 13.2. The number of halogens is 2. The van der Waals surface area contributed by atoms with Crippen molar-refractivity contribution >= 4 is 28.9 Å². The monoisotopic (exact) mass is 280 g/mol. The van der Waals surface area contributed by atoms with E-state index in [1.807, 2.05) is 0 Å². The van der Waals surface area contributed by atoms with Gasteiger partial charge in [0.05, 0.1) is 16.9 Å². The normalized spacial score (nSPS) is 10.2. The van der Waals surface area contributed by atoms with Crippen molar-refractivity contribution in [3.8, 4) is 5.75 Å². The lowest BCUT2D eigenvalue weighted by Crippen LogP contribution is -2.13. The molecule has 2 aromatic rings. The van der Waals surface area contributed by atoms with Crippen LogP contribution in [-0.2, 0) is 0 Å². The highest BCUT2D eigenvalue weighted by molar-refractivity contribution is 6.31. The Morgan fingerprint density at radius 3 is 2.63 bits per heavy atom. The fraction of sp³-hybridized carbons (Fsp3) is 0. The standard InChI is InChI=1S/C13H10ClFN2O2/c14-7-1-4-11(10(16)5-7)17-13(19)9-3-2-8(15)6-12(9)18/h1-6,18H,16H2,(H,17,19). The quantitative estimate of drug-likeness (QED) is 0.740. The van der Waals surface area contributed by atoms with Gasteiger partial charge in [0.15, 0.2) is 0 Å². The number of benzene rings is 2. The number of carbonyl (C=O) groups is 1. The SMILES string of the molecule is Nc1cc(Cl)ccc1NC(=O)c1ccc(F)cc1O. The zero-order valence-corrected chi connectivity index (χ0v) is 10.4. The highest BCUT2D eigenvalue weighted by atomic mass is 35.5. The number of aromatic hydroxyl groups is 1. The summed E-state index contributed by atoms with van der Waals surface area (Å²) >= 11 is 5.74.